The van der Waals surface area contributed by atoms with Crippen LogP contribution in [-0.2, 0) is 13.1 Å². The molecule has 0 spiro atoms. The molecular formula is C36H64Br2N4. The van der Waals surface area contributed by atoms with Gasteiger partial charge in [-0.1, -0.05) is 117 Å². The summed E-state index contributed by atoms with van der Waals surface area (Å²) in [5.74, 6) is 0. The van der Waals surface area contributed by atoms with Gasteiger partial charge in [-0.25, -0.2) is 0 Å². The Morgan fingerprint density at radius 2 is 0.690 bits per heavy atom. The molecule has 0 saturated carbocycles. The third-order valence-corrected chi connectivity index (χ3v) is 7.94. The molecule has 0 fully saturated rings. The number of unbranched alkanes of at least 4 members (excludes halogenated alkanes) is 17. The Morgan fingerprint density at radius 3 is 1.02 bits per heavy atom. The van der Waals surface area contributed by atoms with Crippen LogP contribution in [0.15, 0.2) is 59.0 Å². The van der Waals surface area contributed by atoms with Gasteiger partial charge in [0, 0.05) is 51.0 Å². The molecule has 2 aromatic rings. The van der Waals surface area contributed by atoms with Crippen LogP contribution in [0.4, 0.5) is 0 Å². The number of hydrogen-bond acceptors (Lipinski definition) is 2. The number of hydrogen-bond donors (Lipinski definition) is 0. The van der Waals surface area contributed by atoms with Crippen LogP contribution >= 0.6 is 34.0 Å². The molecule has 0 amide bonds. The highest BCUT2D eigenvalue weighted by Gasteiger charge is 1.96. The molecule has 0 aliphatic carbocycles. The van der Waals surface area contributed by atoms with Crippen LogP contribution < -0.4 is 10.7 Å². The van der Waals surface area contributed by atoms with E-state index in [1.807, 2.05) is 0 Å². The molecule has 242 valence electrons. The van der Waals surface area contributed by atoms with Gasteiger partial charge in [-0.15, -0.1) is 34.0 Å². The number of aromatic nitrogens is 2. The summed E-state index contributed by atoms with van der Waals surface area (Å²) < 4.78 is 4.63. The van der Waals surface area contributed by atoms with Crippen molar-refractivity contribution in [2.45, 2.75) is 155 Å². The first-order chi connectivity index (χ1) is 19.8. The SMILES string of the molecule is Br.Br.CCCCCCCCN=c1ccn(CCCCCCCCCCn2ccc(=NCCCCCCCC)cc2)cc1. The Balaban J connectivity index is 0.00000840. The molecule has 42 heavy (non-hydrogen) atoms. The van der Waals surface area contributed by atoms with E-state index in [4.69, 9.17) is 9.98 Å². The van der Waals surface area contributed by atoms with E-state index in [0.717, 1.165) is 36.9 Å². The van der Waals surface area contributed by atoms with E-state index < -0.39 is 0 Å². The Morgan fingerprint density at radius 1 is 0.405 bits per heavy atom. The second-order valence-corrected chi connectivity index (χ2v) is 11.7. The largest absolute Gasteiger partial charge is 0.354 e. The first-order valence-electron chi connectivity index (χ1n) is 17.1. The van der Waals surface area contributed by atoms with Crippen molar-refractivity contribution in [2.75, 3.05) is 13.1 Å². The van der Waals surface area contributed by atoms with Crippen LogP contribution in [0.1, 0.15) is 142 Å². The lowest BCUT2D eigenvalue weighted by atomic mass is 10.1. The molecule has 0 N–H and O–H groups in total. The fraction of sp³-hybridized carbons (Fsp3) is 0.722. The maximum atomic E-state index is 4.74. The lowest BCUT2D eigenvalue weighted by molar-refractivity contribution is 0.524. The molecule has 0 unspecified atom stereocenters. The zero-order chi connectivity index (χ0) is 28.4. The molecule has 2 rings (SSSR count). The van der Waals surface area contributed by atoms with Crippen molar-refractivity contribution in [3.8, 4) is 0 Å². The third kappa shape index (κ3) is 22.4. The molecule has 0 saturated heterocycles. The fourth-order valence-corrected chi connectivity index (χ4v) is 5.26. The molecule has 2 aromatic heterocycles. The van der Waals surface area contributed by atoms with Crippen LogP contribution in [0.5, 0.6) is 0 Å². The standard InChI is InChI=1S/C36H62N4.2BrH/c1-3-5-7-9-15-19-27-37-35-23-31-39(32-24-35)29-21-17-13-11-12-14-18-22-30-40-33-25-36(26-34-40)38-28-20-16-10-8-6-4-2;;/h23-26,31-34H,3-22,27-30H2,1-2H3;2*1H. The topological polar surface area (TPSA) is 34.6 Å². The van der Waals surface area contributed by atoms with Gasteiger partial charge in [-0.2, -0.15) is 0 Å². The van der Waals surface area contributed by atoms with E-state index in [1.165, 1.54) is 128 Å². The van der Waals surface area contributed by atoms with Crippen LogP contribution in [0.25, 0.3) is 0 Å². The van der Waals surface area contributed by atoms with E-state index in [0.29, 0.717) is 0 Å². The average Bonchev–Trinajstić information content (AvgIpc) is 2.98. The van der Waals surface area contributed by atoms with Crippen LogP contribution in [0, 0.1) is 0 Å². The minimum Gasteiger partial charge on any atom is -0.354 e. The summed E-state index contributed by atoms with van der Waals surface area (Å²) in [5.41, 5.74) is 0. The molecule has 0 radical (unpaired) electrons. The van der Waals surface area contributed by atoms with Crippen molar-refractivity contribution in [1.29, 1.82) is 0 Å². The summed E-state index contributed by atoms with van der Waals surface area (Å²) in [7, 11) is 0. The van der Waals surface area contributed by atoms with Crippen molar-refractivity contribution in [3.63, 3.8) is 0 Å². The minimum absolute atomic E-state index is 0. The molecular weight excluding hydrogens is 648 g/mol. The van der Waals surface area contributed by atoms with E-state index in [9.17, 15) is 0 Å². The first kappa shape index (κ1) is 40.9. The molecule has 0 atom stereocenters. The first-order valence-corrected chi connectivity index (χ1v) is 17.1. The van der Waals surface area contributed by atoms with Gasteiger partial charge < -0.3 is 9.13 Å². The monoisotopic (exact) mass is 710 g/mol. The molecule has 0 aliphatic rings. The number of rotatable bonds is 25. The van der Waals surface area contributed by atoms with Gasteiger partial charge in [0.05, 0.1) is 10.7 Å². The zero-order valence-corrected chi connectivity index (χ0v) is 30.6. The van der Waals surface area contributed by atoms with Crippen molar-refractivity contribution >= 4 is 34.0 Å². The normalized spacial score (nSPS) is 10.6. The van der Waals surface area contributed by atoms with Gasteiger partial charge in [-0.05, 0) is 49.9 Å². The molecule has 0 aromatic carbocycles. The van der Waals surface area contributed by atoms with Crippen LogP contribution in [-0.4, -0.2) is 22.2 Å². The van der Waals surface area contributed by atoms with Gasteiger partial charge in [0.1, 0.15) is 0 Å². The lowest BCUT2D eigenvalue weighted by Crippen LogP contribution is -2.06. The summed E-state index contributed by atoms with van der Waals surface area (Å²) in [6.07, 6.45) is 35.5. The maximum absolute atomic E-state index is 4.74. The number of nitrogens with zero attached hydrogens (tertiary/aromatic N) is 4. The smallest absolute Gasteiger partial charge is 0.0603 e. The summed E-state index contributed by atoms with van der Waals surface area (Å²) >= 11 is 0. The number of aryl methyl sites for hydroxylation is 2. The Labute approximate surface area is 280 Å². The van der Waals surface area contributed by atoms with Gasteiger partial charge in [0.15, 0.2) is 0 Å². The Hall–Kier alpha value is -1.14. The number of halogens is 2. The second-order valence-electron chi connectivity index (χ2n) is 11.7. The van der Waals surface area contributed by atoms with E-state index in [-0.39, 0.29) is 34.0 Å². The molecule has 4 nitrogen and oxygen atoms in total. The van der Waals surface area contributed by atoms with Crippen molar-refractivity contribution in [3.05, 3.63) is 59.8 Å². The highest BCUT2D eigenvalue weighted by Crippen LogP contribution is 2.10. The quantitative estimate of drug-likeness (QED) is 0.0919. The number of pyridine rings is 2. The summed E-state index contributed by atoms with van der Waals surface area (Å²) in [6.45, 7) is 8.74. The lowest BCUT2D eigenvalue weighted by Gasteiger charge is -2.07. The molecule has 2 heterocycles. The Kier molecular flexibility index (Phi) is 29.1. The van der Waals surface area contributed by atoms with Gasteiger partial charge >= 0.3 is 0 Å². The van der Waals surface area contributed by atoms with E-state index in [1.54, 1.807) is 0 Å². The van der Waals surface area contributed by atoms with E-state index in [2.05, 4.69) is 72.0 Å². The van der Waals surface area contributed by atoms with Gasteiger partial charge in [0.2, 0.25) is 0 Å². The van der Waals surface area contributed by atoms with Crippen LogP contribution in [0.2, 0.25) is 0 Å². The summed E-state index contributed by atoms with van der Waals surface area (Å²) in [4.78, 5) is 9.48. The van der Waals surface area contributed by atoms with Crippen LogP contribution in [0.3, 0.4) is 0 Å². The van der Waals surface area contributed by atoms with Gasteiger partial charge in [0.25, 0.3) is 0 Å². The van der Waals surface area contributed by atoms with Crippen molar-refractivity contribution < 1.29 is 0 Å². The molecule has 0 bridgehead atoms. The predicted molar refractivity (Wildman–Crippen MR) is 194 cm³/mol. The average molecular weight is 713 g/mol. The van der Waals surface area contributed by atoms with E-state index >= 15 is 0 Å². The molecule has 0 aliphatic heterocycles. The predicted octanol–water partition coefficient (Wildman–Crippen LogP) is 10.8. The van der Waals surface area contributed by atoms with Crippen molar-refractivity contribution in [2.24, 2.45) is 9.98 Å². The summed E-state index contributed by atoms with van der Waals surface area (Å²) in [6, 6.07) is 8.71. The highest BCUT2D eigenvalue weighted by molar-refractivity contribution is 8.93. The fourth-order valence-electron chi connectivity index (χ4n) is 5.26. The molecule has 6 heteroatoms. The zero-order valence-electron chi connectivity index (χ0n) is 27.2. The second kappa shape index (κ2) is 29.9. The third-order valence-electron chi connectivity index (χ3n) is 7.94. The van der Waals surface area contributed by atoms with Crippen molar-refractivity contribution in [1.82, 2.24) is 9.13 Å². The highest BCUT2D eigenvalue weighted by atomic mass is 79.9. The Bertz CT molecular complexity index is 862. The maximum Gasteiger partial charge on any atom is 0.0603 e. The summed E-state index contributed by atoms with van der Waals surface area (Å²) in [5, 5.41) is 2.27. The minimum atomic E-state index is 0. The van der Waals surface area contributed by atoms with Gasteiger partial charge in [-0.3, -0.25) is 9.98 Å².